The first kappa shape index (κ1) is 12.3. The Labute approximate surface area is 95.6 Å². The average Bonchev–Trinajstić information content (AvgIpc) is 2.29. The van der Waals surface area contributed by atoms with Crippen molar-refractivity contribution in [2.75, 3.05) is 14.2 Å². The lowest BCUT2D eigenvalue weighted by molar-refractivity contribution is 0.388. The van der Waals surface area contributed by atoms with Crippen LogP contribution in [0.2, 0.25) is 0 Å². The van der Waals surface area contributed by atoms with E-state index in [0.717, 1.165) is 11.3 Å². The van der Waals surface area contributed by atoms with Crippen molar-refractivity contribution in [1.82, 2.24) is 0 Å². The van der Waals surface area contributed by atoms with Crippen molar-refractivity contribution in [2.24, 2.45) is 5.73 Å². The highest BCUT2D eigenvalue weighted by molar-refractivity contribution is 5.42. The molecule has 0 fully saturated rings. The molecule has 1 rings (SSSR count). The predicted molar refractivity (Wildman–Crippen MR) is 61.5 cm³/mol. The van der Waals surface area contributed by atoms with Gasteiger partial charge in [0.15, 0.2) is 0 Å². The van der Waals surface area contributed by atoms with Crippen molar-refractivity contribution in [3.8, 4) is 17.6 Å². The minimum absolute atomic E-state index is 0.441. The Morgan fingerprint density at radius 1 is 1.38 bits per heavy atom. The molecular weight excluding hydrogens is 204 g/mol. The topological polar surface area (TPSA) is 68.3 Å². The van der Waals surface area contributed by atoms with Crippen molar-refractivity contribution in [3.05, 3.63) is 23.8 Å². The molecule has 0 saturated heterocycles. The number of methoxy groups -OCH3 is 2. The van der Waals surface area contributed by atoms with Crippen LogP contribution in [0.25, 0.3) is 0 Å². The fraction of sp³-hybridized carbons (Fsp3) is 0.417. The van der Waals surface area contributed by atoms with Crippen LogP contribution in [-0.2, 0) is 6.42 Å². The van der Waals surface area contributed by atoms with Crippen molar-refractivity contribution in [2.45, 2.75) is 18.9 Å². The number of nitrogens with two attached hydrogens (primary N) is 1. The summed E-state index contributed by atoms with van der Waals surface area (Å²) >= 11 is 0. The third kappa shape index (κ3) is 2.88. The zero-order valence-electron chi connectivity index (χ0n) is 9.78. The third-order valence-corrected chi connectivity index (χ3v) is 2.31. The van der Waals surface area contributed by atoms with Crippen molar-refractivity contribution >= 4 is 0 Å². The number of benzene rings is 1. The van der Waals surface area contributed by atoms with Gasteiger partial charge in [-0.3, -0.25) is 0 Å². The van der Waals surface area contributed by atoms with Crippen LogP contribution in [0.15, 0.2) is 18.2 Å². The van der Waals surface area contributed by atoms with E-state index in [-0.39, 0.29) is 0 Å². The van der Waals surface area contributed by atoms with E-state index in [9.17, 15) is 0 Å². The number of nitriles is 1. The van der Waals surface area contributed by atoms with Gasteiger partial charge in [-0.2, -0.15) is 5.26 Å². The number of ether oxygens (including phenoxy) is 2. The Morgan fingerprint density at radius 2 is 2.06 bits per heavy atom. The first-order valence-electron chi connectivity index (χ1n) is 4.93. The number of hydrogen-bond acceptors (Lipinski definition) is 4. The second-order valence-corrected chi connectivity index (χ2v) is 3.88. The molecule has 0 saturated carbocycles. The molecule has 1 aromatic carbocycles. The molecule has 2 N–H and O–H groups in total. The normalized spacial score (nSPS) is 13.7. The lowest BCUT2D eigenvalue weighted by atomic mass is 9.95. The predicted octanol–water partition coefficient (Wildman–Crippen LogP) is 1.49. The summed E-state index contributed by atoms with van der Waals surface area (Å²) in [5, 5.41) is 8.88. The summed E-state index contributed by atoms with van der Waals surface area (Å²) in [6.45, 7) is 1.69. The van der Waals surface area contributed by atoms with E-state index in [1.807, 2.05) is 12.1 Å². The van der Waals surface area contributed by atoms with Gasteiger partial charge in [0.05, 0.1) is 20.3 Å². The van der Waals surface area contributed by atoms with Crippen LogP contribution in [-0.4, -0.2) is 19.8 Å². The van der Waals surface area contributed by atoms with Gasteiger partial charge in [-0.05, 0) is 18.6 Å². The second-order valence-electron chi connectivity index (χ2n) is 3.88. The molecule has 4 heteroatoms. The maximum atomic E-state index is 8.88. The largest absolute Gasteiger partial charge is 0.497 e. The van der Waals surface area contributed by atoms with E-state index >= 15 is 0 Å². The Balaban J connectivity index is 3.01. The van der Waals surface area contributed by atoms with Gasteiger partial charge in [-0.25, -0.2) is 0 Å². The second kappa shape index (κ2) is 4.86. The molecule has 0 amide bonds. The van der Waals surface area contributed by atoms with Crippen molar-refractivity contribution in [1.29, 1.82) is 5.26 Å². The standard InChI is InChI=1S/C12H16N2O2/c1-12(14,8-13)7-9-4-5-10(15-2)6-11(9)16-3/h4-6H,7,14H2,1-3H3/t12-/m0/s1. The summed E-state index contributed by atoms with van der Waals surface area (Å²) in [7, 11) is 3.18. The van der Waals surface area contributed by atoms with E-state index in [2.05, 4.69) is 6.07 Å². The molecule has 1 atom stereocenters. The van der Waals surface area contributed by atoms with E-state index < -0.39 is 5.54 Å². The quantitative estimate of drug-likeness (QED) is 0.834. The smallest absolute Gasteiger partial charge is 0.125 e. The molecule has 0 aromatic heterocycles. The number of hydrogen-bond donors (Lipinski definition) is 1. The SMILES string of the molecule is COc1ccc(C[C@](C)(N)C#N)c(OC)c1. The summed E-state index contributed by atoms with van der Waals surface area (Å²) in [6.07, 6.45) is 0.441. The molecule has 0 heterocycles. The summed E-state index contributed by atoms with van der Waals surface area (Å²) in [5.74, 6) is 1.41. The van der Waals surface area contributed by atoms with Crippen molar-refractivity contribution < 1.29 is 9.47 Å². The highest BCUT2D eigenvalue weighted by Gasteiger charge is 2.20. The van der Waals surface area contributed by atoms with Crippen LogP contribution in [0, 0.1) is 11.3 Å². The summed E-state index contributed by atoms with van der Waals surface area (Å²) < 4.78 is 10.3. The average molecular weight is 220 g/mol. The molecule has 0 aliphatic rings. The minimum Gasteiger partial charge on any atom is -0.497 e. The third-order valence-electron chi connectivity index (χ3n) is 2.31. The monoisotopic (exact) mass is 220 g/mol. The molecule has 0 spiro atoms. The highest BCUT2D eigenvalue weighted by Crippen LogP contribution is 2.26. The van der Waals surface area contributed by atoms with E-state index in [0.29, 0.717) is 12.2 Å². The maximum absolute atomic E-state index is 8.88. The number of nitrogens with zero attached hydrogens (tertiary/aromatic N) is 1. The first-order valence-corrected chi connectivity index (χ1v) is 4.93. The van der Waals surface area contributed by atoms with Crippen LogP contribution < -0.4 is 15.2 Å². The van der Waals surface area contributed by atoms with E-state index in [4.69, 9.17) is 20.5 Å². The van der Waals surface area contributed by atoms with Gasteiger partial charge in [0.1, 0.15) is 17.0 Å². The molecule has 0 aliphatic heterocycles. The van der Waals surface area contributed by atoms with Crippen LogP contribution in [0.5, 0.6) is 11.5 Å². The first-order chi connectivity index (χ1) is 7.52. The van der Waals surface area contributed by atoms with Gasteiger partial charge in [0.2, 0.25) is 0 Å². The molecule has 0 bridgehead atoms. The van der Waals surface area contributed by atoms with Crippen LogP contribution in [0.1, 0.15) is 12.5 Å². The molecule has 0 aliphatic carbocycles. The van der Waals surface area contributed by atoms with Gasteiger partial charge in [-0.1, -0.05) is 6.07 Å². The van der Waals surface area contributed by atoms with Gasteiger partial charge in [0, 0.05) is 12.5 Å². The lowest BCUT2D eigenvalue weighted by Crippen LogP contribution is -2.36. The van der Waals surface area contributed by atoms with Crippen LogP contribution in [0.4, 0.5) is 0 Å². The molecule has 0 radical (unpaired) electrons. The van der Waals surface area contributed by atoms with Gasteiger partial charge < -0.3 is 15.2 Å². The van der Waals surface area contributed by atoms with Crippen molar-refractivity contribution in [3.63, 3.8) is 0 Å². The highest BCUT2D eigenvalue weighted by atomic mass is 16.5. The summed E-state index contributed by atoms with van der Waals surface area (Å²) in [5.41, 5.74) is 5.81. The fourth-order valence-electron chi connectivity index (χ4n) is 1.43. The Bertz CT molecular complexity index is 408. The van der Waals surface area contributed by atoms with Crippen LogP contribution >= 0.6 is 0 Å². The Kier molecular flexibility index (Phi) is 3.75. The zero-order chi connectivity index (χ0) is 12.2. The summed E-state index contributed by atoms with van der Waals surface area (Å²) in [4.78, 5) is 0. The molecule has 16 heavy (non-hydrogen) atoms. The Hall–Kier alpha value is -1.73. The van der Waals surface area contributed by atoms with Gasteiger partial charge in [-0.15, -0.1) is 0 Å². The lowest BCUT2D eigenvalue weighted by Gasteiger charge is -2.17. The molecular formula is C12H16N2O2. The molecule has 86 valence electrons. The minimum atomic E-state index is -0.887. The van der Waals surface area contributed by atoms with Crippen LogP contribution in [0.3, 0.4) is 0 Å². The zero-order valence-corrected chi connectivity index (χ0v) is 9.78. The Morgan fingerprint density at radius 3 is 2.56 bits per heavy atom. The maximum Gasteiger partial charge on any atom is 0.125 e. The van der Waals surface area contributed by atoms with E-state index in [1.54, 1.807) is 27.2 Å². The fourth-order valence-corrected chi connectivity index (χ4v) is 1.43. The summed E-state index contributed by atoms with van der Waals surface area (Å²) in [6, 6.07) is 7.53. The van der Waals surface area contributed by atoms with Gasteiger partial charge >= 0.3 is 0 Å². The molecule has 4 nitrogen and oxygen atoms in total. The molecule has 0 unspecified atom stereocenters. The van der Waals surface area contributed by atoms with E-state index in [1.165, 1.54) is 0 Å². The molecule has 1 aromatic rings. The number of rotatable bonds is 4. The van der Waals surface area contributed by atoms with Gasteiger partial charge in [0.25, 0.3) is 0 Å².